The molecule has 0 amide bonds. The smallest absolute Gasteiger partial charge is 0.263 e. The first-order valence-corrected chi connectivity index (χ1v) is 11.8. The van der Waals surface area contributed by atoms with Crippen LogP contribution in [0.3, 0.4) is 0 Å². The van der Waals surface area contributed by atoms with E-state index < -0.39 is 10.0 Å². The van der Waals surface area contributed by atoms with Gasteiger partial charge in [-0.1, -0.05) is 35.9 Å². The number of rotatable bonds is 7. The van der Waals surface area contributed by atoms with Gasteiger partial charge in [0.15, 0.2) is 11.6 Å². The van der Waals surface area contributed by atoms with Crippen LogP contribution < -0.4 is 10.0 Å². The van der Waals surface area contributed by atoms with Gasteiger partial charge in [0.25, 0.3) is 10.0 Å². The Hall–Kier alpha value is -2.93. The number of hydrogen-bond acceptors (Lipinski definition) is 5. The molecule has 2 N–H and O–H groups in total. The average molecular weight is 423 g/mol. The monoisotopic (exact) mass is 422 g/mol. The number of fused-ring (bicyclic) bond motifs is 1. The number of aromatic nitrogens is 2. The molecule has 2 aromatic carbocycles. The van der Waals surface area contributed by atoms with Gasteiger partial charge in [-0.2, -0.15) is 0 Å². The molecule has 3 aromatic rings. The molecule has 0 unspecified atom stereocenters. The molecule has 1 heterocycles. The lowest BCUT2D eigenvalue weighted by Gasteiger charge is -2.16. The van der Waals surface area contributed by atoms with Crippen molar-refractivity contribution >= 4 is 32.7 Å². The van der Waals surface area contributed by atoms with Gasteiger partial charge in [0.05, 0.1) is 15.9 Å². The van der Waals surface area contributed by atoms with E-state index in [0.717, 1.165) is 30.3 Å². The highest BCUT2D eigenvalue weighted by molar-refractivity contribution is 7.92. The van der Waals surface area contributed by atoms with Crippen molar-refractivity contribution in [2.75, 3.05) is 16.6 Å². The molecule has 1 aliphatic carbocycles. The number of anilines is 2. The van der Waals surface area contributed by atoms with Gasteiger partial charge >= 0.3 is 0 Å². The number of hydrogen-bond donors (Lipinski definition) is 2. The van der Waals surface area contributed by atoms with Crippen molar-refractivity contribution in [3.8, 4) is 0 Å². The summed E-state index contributed by atoms with van der Waals surface area (Å²) in [6, 6.07) is 14.3. The van der Waals surface area contributed by atoms with Crippen LogP contribution in [0.5, 0.6) is 0 Å². The second-order valence-electron chi connectivity index (χ2n) is 7.62. The minimum absolute atomic E-state index is 0.204. The van der Waals surface area contributed by atoms with Crippen LogP contribution in [0.25, 0.3) is 11.0 Å². The predicted molar refractivity (Wildman–Crippen MR) is 121 cm³/mol. The lowest BCUT2D eigenvalue weighted by atomic mass is 9.97. The van der Waals surface area contributed by atoms with Crippen molar-refractivity contribution in [3.05, 3.63) is 65.7 Å². The Labute approximate surface area is 177 Å². The van der Waals surface area contributed by atoms with E-state index in [9.17, 15) is 8.42 Å². The van der Waals surface area contributed by atoms with Crippen molar-refractivity contribution in [1.29, 1.82) is 0 Å². The first-order valence-electron chi connectivity index (χ1n) is 10.3. The van der Waals surface area contributed by atoms with E-state index in [2.05, 4.69) is 26.1 Å². The summed E-state index contributed by atoms with van der Waals surface area (Å²) in [7, 11) is -3.78. The van der Waals surface area contributed by atoms with Crippen LogP contribution in [-0.2, 0) is 10.0 Å². The maximum absolute atomic E-state index is 12.9. The Morgan fingerprint density at radius 3 is 2.43 bits per heavy atom. The Morgan fingerprint density at radius 2 is 1.73 bits per heavy atom. The van der Waals surface area contributed by atoms with Crippen molar-refractivity contribution in [1.82, 2.24) is 9.97 Å². The fourth-order valence-corrected chi connectivity index (χ4v) is 4.75. The summed E-state index contributed by atoms with van der Waals surface area (Å²) in [5.41, 5.74) is 3.68. The standard InChI is InChI=1S/C23H26N4O2S/c1-17-8-7-11-19(16-17)30(28,29)27-23-22(24-15-14-18-9-3-2-4-10-18)25-20-12-5-6-13-21(20)26-23/h5-9,11-13,16H,2-4,10,14-15H2,1H3,(H,24,25)(H,26,27). The zero-order valence-corrected chi connectivity index (χ0v) is 17.9. The summed E-state index contributed by atoms with van der Waals surface area (Å²) in [5, 5.41) is 3.30. The molecule has 0 saturated carbocycles. The maximum Gasteiger partial charge on any atom is 0.263 e. The van der Waals surface area contributed by atoms with E-state index in [4.69, 9.17) is 0 Å². The number of nitrogens with zero attached hydrogens (tertiary/aromatic N) is 2. The molecule has 7 heteroatoms. The predicted octanol–water partition coefficient (Wildman–Crippen LogP) is 5.04. The van der Waals surface area contributed by atoms with Gasteiger partial charge in [0.1, 0.15) is 0 Å². The largest absolute Gasteiger partial charge is 0.367 e. The first kappa shape index (κ1) is 20.3. The highest BCUT2D eigenvalue weighted by Crippen LogP contribution is 2.25. The van der Waals surface area contributed by atoms with E-state index in [0.29, 0.717) is 17.9 Å². The Bertz CT molecular complexity index is 1190. The van der Waals surface area contributed by atoms with Crippen LogP contribution in [0.15, 0.2) is 65.1 Å². The first-order chi connectivity index (χ1) is 14.5. The Morgan fingerprint density at radius 1 is 0.967 bits per heavy atom. The molecule has 156 valence electrons. The Kier molecular flexibility index (Phi) is 5.99. The Balaban J connectivity index is 1.61. The van der Waals surface area contributed by atoms with Crippen LogP contribution in [0, 0.1) is 6.92 Å². The summed E-state index contributed by atoms with van der Waals surface area (Å²) in [4.78, 5) is 9.38. The lowest BCUT2D eigenvalue weighted by molar-refractivity contribution is 0.601. The van der Waals surface area contributed by atoms with Gasteiger partial charge < -0.3 is 5.32 Å². The molecule has 0 spiro atoms. The van der Waals surface area contributed by atoms with E-state index in [-0.39, 0.29) is 10.7 Å². The normalized spacial score (nSPS) is 14.4. The minimum Gasteiger partial charge on any atom is -0.367 e. The van der Waals surface area contributed by atoms with Crippen LogP contribution in [0.4, 0.5) is 11.6 Å². The summed E-state index contributed by atoms with van der Waals surface area (Å²) >= 11 is 0. The third kappa shape index (κ3) is 4.79. The summed E-state index contributed by atoms with van der Waals surface area (Å²) < 4.78 is 28.5. The second kappa shape index (κ2) is 8.83. The van der Waals surface area contributed by atoms with E-state index >= 15 is 0 Å². The quantitative estimate of drug-likeness (QED) is 0.521. The number of benzene rings is 2. The highest BCUT2D eigenvalue weighted by Gasteiger charge is 2.19. The summed E-state index contributed by atoms with van der Waals surface area (Å²) in [6.07, 6.45) is 8.02. The molecule has 0 aliphatic heterocycles. The molecule has 0 saturated heterocycles. The van der Waals surface area contributed by atoms with E-state index in [1.165, 1.54) is 18.4 Å². The van der Waals surface area contributed by atoms with Gasteiger partial charge in [0.2, 0.25) is 0 Å². The number of aryl methyl sites for hydroxylation is 1. The van der Waals surface area contributed by atoms with Crippen LogP contribution in [0.1, 0.15) is 37.7 Å². The molecule has 1 aromatic heterocycles. The molecule has 4 rings (SSSR count). The third-order valence-electron chi connectivity index (χ3n) is 5.23. The van der Waals surface area contributed by atoms with Crippen LogP contribution in [0.2, 0.25) is 0 Å². The highest BCUT2D eigenvalue weighted by atomic mass is 32.2. The van der Waals surface area contributed by atoms with Gasteiger partial charge in [-0.3, -0.25) is 4.72 Å². The minimum atomic E-state index is -3.78. The molecule has 0 radical (unpaired) electrons. The molecule has 0 fully saturated rings. The van der Waals surface area contributed by atoms with Crippen molar-refractivity contribution < 1.29 is 8.42 Å². The van der Waals surface area contributed by atoms with Crippen LogP contribution >= 0.6 is 0 Å². The fraction of sp³-hybridized carbons (Fsp3) is 0.304. The lowest BCUT2D eigenvalue weighted by Crippen LogP contribution is -2.17. The van der Waals surface area contributed by atoms with Crippen LogP contribution in [-0.4, -0.2) is 24.9 Å². The van der Waals surface area contributed by atoms with Crippen molar-refractivity contribution in [3.63, 3.8) is 0 Å². The number of nitrogens with one attached hydrogen (secondary N) is 2. The number of para-hydroxylation sites is 2. The van der Waals surface area contributed by atoms with Gasteiger partial charge in [-0.15, -0.1) is 0 Å². The van der Waals surface area contributed by atoms with Crippen molar-refractivity contribution in [2.45, 2.75) is 43.9 Å². The van der Waals surface area contributed by atoms with Gasteiger partial charge in [-0.05, 0) is 68.9 Å². The fourth-order valence-electron chi connectivity index (χ4n) is 3.64. The van der Waals surface area contributed by atoms with E-state index in [1.54, 1.807) is 18.2 Å². The zero-order chi connectivity index (χ0) is 21.0. The molecule has 30 heavy (non-hydrogen) atoms. The third-order valence-corrected chi connectivity index (χ3v) is 6.56. The van der Waals surface area contributed by atoms with E-state index in [1.807, 2.05) is 37.3 Å². The maximum atomic E-state index is 12.9. The molecule has 6 nitrogen and oxygen atoms in total. The van der Waals surface area contributed by atoms with Gasteiger partial charge in [-0.25, -0.2) is 18.4 Å². The SMILES string of the molecule is Cc1cccc(S(=O)(=O)Nc2nc3ccccc3nc2NCCC2=CCCCC2)c1. The molecule has 0 atom stereocenters. The number of sulfonamides is 1. The van der Waals surface area contributed by atoms with Crippen molar-refractivity contribution in [2.24, 2.45) is 0 Å². The average Bonchev–Trinajstić information content (AvgIpc) is 2.74. The summed E-state index contributed by atoms with van der Waals surface area (Å²) in [5.74, 6) is 0.661. The molecule has 0 bridgehead atoms. The molecular weight excluding hydrogens is 396 g/mol. The topological polar surface area (TPSA) is 84.0 Å². The number of allylic oxidation sites excluding steroid dienone is 1. The second-order valence-corrected chi connectivity index (χ2v) is 9.30. The molecular formula is C23H26N4O2S. The molecule has 1 aliphatic rings. The van der Waals surface area contributed by atoms with Gasteiger partial charge in [0, 0.05) is 6.54 Å². The summed E-state index contributed by atoms with van der Waals surface area (Å²) in [6.45, 7) is 2.54. The zero-order valence-electron chi connectivity index (χ0n) is 17.1.